The molecule has 21 heavy (non-hydrogen) atoms. The zero-order valence-electron chi connectivity index (χ0n) is 12.0. The van der Waals surface area contributed by atoms with E-state index < -0.39 is 0 Å². The van der Waals surface area contributed by atoms with Crippen LogP contribution in [0.15, 0.2) is 57.5 Å². The number of likely N-dealkylation sites (N-methyl/N-ethyl adjacent to an activating group) is 1. The van der Waals surface area contributed by atoms with Crippen LogP contribution in [0.2, 0.25) is 0 Å². The molecule has 0 aromatic heterocycles. The number of hydrogen-bond acceptors (Lipinski definition) is 2. The highest BCUT2D eigenvalue weighted by Crippen LogP contribution is 2.23. The van der Waals surface area contributed by atoms with Gasteiger partial charge in [-0.05, 0) is 55.3 Å². The van der Waals surface area contributed by atoms with Gasteiger partial charge >= 0.3 is 0 Å². The van der Waals surface area contributed by atoms with Crippen LogP contribution in [-0.4, -0.2) is 20.2 Å². The van der Waals surface area contributed by atoms with E-state index in [0.29, 0.717) is 12.5 Å². The van der Waals surface area contributed by atoms with Crippen LogP contribution in [0.3, 0.4) is 0 Å². The summed E-state index contributed by atoms with van der Waals surface area (Å²) in [6.45, 7) is 1.66. The fraction of sp³-hybridized carbons (Fsp3) is 0.294. The van der Waals surface area contributed by atoms with Gasteiger partial charge in [0, 0.05) is 15.5 Å². The highest BCUT2D eigenvalue weighted by molar-refractivity contribution is 9.10. The van der Waals surface area contributed by atoms with Gasteiger partial charge in [0.15, 0.2) is 0 Å². The Morgan fingerprint density at radius 1 is 1.05 bits per heavy atom. The molecule has 1 unspecified atom stereocenters. The van der Waals surface area contributed by atoms with Crippen molar-refractivity contribution in [1.82, 2.24) is 5.32 Å². The quantitative estimate of drug-likeness (QED) is 0.691. The predicted octanol–water partition coefficient (Wildman–Crippen LogP) is 4.98. The Labute approximate surface area is 143 Å². The summed E-state index contributed by atoms with van der Waals surface area (Å²) in [6, 6.07) is 16.5. The molecule has 0 aliphatic carbocycles. The molecule has 1 N–H and O–H groups in total. The Morgan fingerprint density at radius 3 is 2.48 bits per heavy atom. The molecule has 0 aliphatic rings. The van der Waals surface area contributed by atoms with E-state index in [1.165, 1.54) is 5.56 Å². The smallest absolute Gasteiger partial charge is 0.120 e. The molecule has 0 saturated heterocycles. The lowest BCUT2D eigenvalue weighted by Crippen LogP contribution is -2.19. The van der Waals surface area contributed by atoms with E-state index in [4.69, 9.17) is 4.74 Å². The van der Waals surface area contributed by atoms with Crippen molar-refractivity contribution in [2.24, 2.45) is 0 Å². The van der Waals surface area contributed by atoms with Crippen LogP contribution in [0.25, 0.3) is 0 Å². The minimum Gasteiger partial charge on any atom is -0.494 e. The Kier molecular flexibility index (Phi) is 6.74. The van der Waals surface area contributed by atoms with Crippen molar-refractivity contribution in [3.8, 4) is 5.75 Å². The molecule has 2 nitrogen and oxygen atoms in total. The van der Waals surface area contributed by atoms with Crippen LogP contribution >= 0.6 is 31.9 Å². The standard InChI is InChI=1S/C17H19Br2NO/c1-20-12-14(13-5-7-15(18)8-6-13)9-10-21-17-4-2-3-16(19)11-17/h2-8,11,14,20H,9-10,12H2,1H3. The third kappa shape index (κ3) is 5.46. The fourth-order valence-corrected chi connectivity index (χ4v) is 2.89. The molecule has 0 heterocycles. The van der Waals surface area contributed by atoms with Crippen molar-refractivity contribution < 1.29 is 4.74 Å². The lowest BCUT2D eigenvalue weighted by Gasteiger charge is -2.17. The van der Waals surface area contributed by atoms with E-state index in [0.717, 1.165) is 27.7 Å². The Morgan fingerprint density at radius 2 is 1.81 bits per heavy atom. The summed E-state index contributed by atoms with van der Waals surface area (Å²) >= 11 is 6.94. The molecule has 0 amide bonds. The zero-order chi connectivity index (χ0) is 15.1. The van der Waals surface area contributed by atoms with Gasteiger partial charge in [0.2, 0.25) is 0 Å². The van der Waals surface area contributed by atoms with Gasteiger partial charge < -0.3 is 10.1 Å². The second-order valence-electron chi connectivity index (χ2n) is 4.90. The summed E-state index contributed by atoms with van der Waals surface area (Å²) in [5, 5.41) is 3.26. The first kappa shape index (κ1) is 16.5. The van der Waals surface area contributed by atoms with E-state index >= 15 is 0 Å². The summed E-state index contributed by atoms with van der Waals surface area (Å²) in [5.74, 6) is 1.36. The van der Waals surface area contributed by atoms with Gasteiger partial charge in [-0.25, -0.2) is 0 Å². The number of benzene rings is 2. The first-order chi connectivity index (χ1) is 10.2. The van der Waals surface area contributed by atoms with Crippen molar-refractivity contribution in [2.45, 2.75) is 12.3 Å². The van der Waals surface area contributed by atoms with Crippen molar-refractivity contribution in [3.05, 3.63) is 63.0 Å². The summed E-state index contributed by atoms with van der Waals surface area (Å²) in [4.78, 5) is 0. The predicted molar refractivity (Wildman–Crippen MR) is 95.1 cm³/mol. The van der Waals surface area contributed by atoms with Crippen LogP contribution in [0, 0.1) is 0 Å². The average Bonchev–Trinajstić information content (AvgIpc) is 2.47. The van der Waals surface area contributed by atoms with Gasteiger partial charge in [0.05, 0.1) is 6.61 Å². The summed E-state index contributed by atoms with van der Waals surface area (Å²) in [5.41, 5.74) is 1.34. The summed E-state index contributed by atoms with van der Waals surface area (Å²) in [7, 11) is 1.99. The largest absolute Gasteiger partial charge is 0.494 e. The number of halogens is 2. The van der Waals surface area contributed by atoms with Gasteiger partial charge in [-0.1, -0.05) is 50.1 Å². The molecule has 4 heteroatoms. The summed E-state index contributed by atoms with van der Waals surface area (Å²) in [6.07, 6.45) is 0.981. The maximum Gasteiger partial charge on any atom is 0.120 e. The topological polar surface area (TPSA) is 21.3 Å². The molecule has 2 aromatic carbocycles. The molecule has 0 bridgehead atoms. The molecule has 0 fully saturated rings. The van der Waals surface area contributed by atoms with Gasteiger partial charge in [-0.2, -0.15) is 0 Å². The Balaban J connectivity index is 1.92. The van der Waals surface area contributed by atoms with Crippen LogP contribution in [0.5, 0.6) is 5.75 Å². The number of ether oxygens (including phenoxy) is 1. The van der Waals surface area contributed by atoms with Gasteiger partial charge in [0.25, 0.3) is 0 Å². The van der Waals surface area contributed by atoms with Gasteiger partial charge in [-0.15, -0.1) is 0 Å². The number of hydrogen-bond donors (Lipinski definition) is 1. The van der Waals surface area contributed by atoms with Crippen LogP contribution in [0.4, 0.5) is 0 Å². The van der Waals surface area contributed by atoms with E-state index in [1.807, 2.05) is 31.3 Å². The van der Waals surface area contributed by atoms with Gasteiger partial charge in [0.1, 0.15) is 5.75 Å². The lowest BCUT2D eigenvalue weighted by atomic mass is 9.96. The summed E-state index contributed by atoms with van der Waals surface area (Å²) < 4.78 is 7.99. The number of nitrogens with one attached hydrogen (secondary N) is 1. The maximum absolute atomic E-state index is 5.84. The second-order valence-corrected chi connectivity index (χ2v) is 6.73. The van der Waals surface area contributed by atoms with Crippen LogP contribution in [-0.2, 0) is 0 Å². The molecule has 0 spiro atoms. The average molecular weight is 413 g/mol. The van der Waals surface area contributed by atoms with E-state index in [2.05, 4.69) is 61.4 Å². The van der Waals surface area contributed by atoms with Crippen molar-refractivity contribution in [1.29, 1.82) is 0 Å². The van der Waals surface area contributed by atoms with Gasteiger partial charge in [-0.3, -0.25) is 0 Å². The zero-order valence-corrected chi connectivity index (χ0v) is 15.2. The Bertz CT molecular complexity index is 557. The minimum absolute atomic E-state index is 0.454. The van der Waals surface area contributed by atoms with Crippen LogP contribution < -0.4 is 10.1 Å². The molecule has 0 saturated carbocycles. The monoisotopic (exact) mass is 411 g/mol. The molecule has 112 valence electrons. The van der Waals surface area contributed by atoms with Crippen LogP contribution in [0.1, 0.15) is 17.9 Å². The first-order valence-corrected chi connectivity index (χ1v) is 8.56. The van der Waals surface area contributed by atoms with E-state index in [-0.39, 0.29) is 0 Å². The normalized spacial score (nSPS) is 12.1. The fourth-order valence-electron chi connectivity index (χ4n) is 2.24. The van der Waals surface area contributed by atoms with E-state index in [1.54, 1.807) is 0 Å². The molecule has 2 rings (SSSR count). The SMILES string of the molecule is CNCC(CCOc1cccc(Br)c1)c1ccc(Br)cc1. The number of rotatable bonds is 7. The lowest BCUT2D eigenvalue weighted by molar-refractivity contribution is 0.296. The third-order valence-corrected chi connectivity index (χ3v) is 4.34. The molecule has 2 aromatic rings. The highest BCUT2D eigenvalue weighted by Gasteiger charge is 2.11. The maximum atomic E-state index is 5.84. The molecule has 1 atom stereocenters. The minimum atomic E-state index is 0.454. The van der Waals surface area contributed by atoms with Crippen molar-refractivity contribution in [3.63, 3.8) is 0 Å². The molecule has 0 aliphatic heterocycles. The molecular formula is C17H19Br2NO. The van der Waals surface area contributed by atoms with Crippen molar-refractivity contribution >= 4 is 31.9 Å². The molecule has 0 radical (unpaired) electrons. The first-order valence-electron chi connectivity index (χ1n) is 6.97. The second kappa shape index (κ2) is 8.57. The highest BCUT2D eigenvalue weighted by atomic mass is 79.9. The Hall–Kier alpha value is -0.840. The molecular weight excluding hydrogens is 394 g/mol. The van der Waals surface area contributed by atoms with Crippen molar-refractivity contribution in [2.75, 3.05) is 20.2 Å². The third-order valence-electron chi connectivity index (χ3n) is 3.32. The van der Waals surface area contributed by atoms with E-state index in [9.17, 15) is 0 Å².